The van der Waals surface area contributed by atoms with Crippen LogP contribution in [0.2, 0.25) is 30.1 Å². The van der Waals surface area contributed by atoms with E-state index in [0.29, 0.717) is 16.1 Å². The molecule has 3 amide bonds. The van der Waals surface area contributed by atoms with Crippen LogP contribution in [0.25, 0.3) is 0 Å². The van der Waals surface area contributed by atoms with Gasteiger partial charge < -0.3 is 25.5 Å². The molecule has 0 saturated carbocycles. The highest BCUT2D eigenvalue weighted by molar-refractivity contribution is 8.13. The fourth-order valence-corrected chi connectivity index (χ4v) is 9.14. The number of nitrogens with zero attached hydrogens (tertiary/aromatic N) is 4. The van der Waals surface area contributed by atoms with E-state index in [1.165, 1.54) is 29.6 Å². The summed E-state index contributed by atoms with van der Waals surface area (Å²) >= 11 is 36.8. The lowest BCUT2D eigenvalue weighted by Gasteiger charge is -2.20. The molecule has 0 heterocycles. The molecule has 3 rings (SSSR count). The van der Waals surface area contributed by atoms with Crippen molar-refractivity contribution in [2.75, 3.05) is 48.3 Å². The SMILES string of the molecule is CCC(CC)Nc1c([N+](=O)[O-])cc(C)c(C)c1[N+](=O)[O-].CCCC(C)C(=O)Nc1ccc(C)c(Cl)c1.CCCCN(CC)C(=O)SCCC.CCCSC(=O)N(CCC)CCC.Oc1c(Cl)c(Cl)c(Cl)c(Cl)c1Cl. The van der Waals surface area contributed by atoms with Gasteiger partial charge in [0.2, 0.25) is 5.91 Å². The quantitative estimate of drug-likeness (QED) is 0.0376. The van der Waals surface area contributed by atoms with Crippen LogP contribution in [0, 0.1) is 46.9 Å². The minimum atomic E-state index is -0.579. The molecule has 0 aromatic heterocycles. The summed E-state index contributed by atoms with van der Waals surface area (Å²) in [4.78, 5) is 60.0. The van der Waals surface area contributed by atoms with Gasteiger partial charge in [0.05, 0.1) is 24.9 Å². The number of phenolic OH excluding ortho intramolecular Hbond substituents is 1. The number of benzene rings is 3. The Kier molecular flexibility index (Phi) is 40.5. The zero-order valence-electron chi connectivity index (χ0n) is 45.5. The molecule has 1 atom stereocenters. The molecular formula is C52H80Cl6N6O8S2. The van der Waals surface area contributed by atoms with Gasteiger partial charge in [-0.1, -0.05) is 174 Å². The number of aromatic hydroxyl groups is 1. The number of nitro groups is 2. The highest BCUT2D eigenvalue weighted by Crippen LogP contribution is 2.47. The lowest BCUT2D eigenvalue weighted by Crippen LogP contribution is -2.29. The lowest BCUT2D eigenvalue weighted by molar-refractivity contribution is -0.392. The summed E-state index contributed by atoms with van der Waals surface area (Å²) in [7, 11) is 0. The average Bonchev–Trinajstić information content (AvgIpc) is 3.37. The number of phenols is 1. The molecule has 0 aliphatic heterocycles. The molecule has 0 spiro atoms. The number of hydrogen-bond donors (Lipinski definition) is 3. The van der Waals surface area contributed by atoms with Crippen molar-refractivity contribution < 1.29 is 29.3 Å². The third-order valence-corrected chi connectivity index (χ3v) is 15.7. The second-order valence-corrected chi connectivity index (χ2v) is 21.3. The molecule has 0 aliphatic rings. The second-order valence-electron chi connectivity index (χ2n) is 16.9. The van der Waals surface area contributed by atoms with Gasteiger partial charge >= 0.3 is 5.69 Å². The summed E-state index contributed by atoms with van der Waals surface area (Å²) in [5.41, 5.74) is 2.34. The molecule has 0 fully saturated rings. The number of nitro benzene ring substituents is 2. The summed E-state index contributed by atoms with van der Waals surface area (Å²) in [6.07, 6.45) is 9.92. The fourth-order valence-electron chi connectivity index (χ4n) is 6.31. The van der Waals surface area contributed by atoms with Gasteiger partial charge in [0.1, 0.15) is 10.0 Å². The van der Waals surface area contributed by atoms with E-state index >= 15 is 0 Å². The highest BCUT2D eigenvalue weighted by atomic mass is 35.5. The smallest absolute Gasteiger partial charge is 0.302 e. The van der Waals surface area contributed by atoms with E-state index in [2.05, 4.69) is 52.2 Å². The number of aryl methyl sites for hydroxylation is 2. The highest BCUT2D eigenvalue weighted by Gasteiger charge is 2.30. The van der Waals surface area contributed by atoms with E-state index in [0.717, 1.165) is 113 Å². The number of anilines is 2. The number of carbonyl (C=O) groups is 3. The minimum Gasteiger partial charge on any atom is -0.505 e. The number of carbonyl (C=O) groups excluding carboxylic acids is 3. The Labute approximate surface area is 479 Å². The second kappa shape index (κ2) is 41.1. The summed E-state index contributed by atoms with van der Waals surface area (Å²) in [5.74, 6) is 1.63. The Morgan fingerprint density at radius 2 is 1.16 bits per heavy atom. The predicted octanol–water partition coefficient (Wildman–Crippen LogP) is 19.1. The maximum atomic E-state index is 11.7. The first-order chi connectivity index (χ1) is 34.8. The molecule has 14 nitrogen and oxygen atoms in total. The number of hydrogen-bond acceptors (Lipinski definition) is 11. The van der Waals surface area contributed by atoms with Crippen LogP contribution in [0.1, 0.15) is 150 Å². The van der Waals surface area contributed by atoms with Crippen molar-refractivity contribution in [3.8, 4) is 5.75 Å². The third-order valence-electron chi connectivity index (χ3n) is 10.8. The maximum Gasteiger partial charge on any atom is 0.302 e. The van der Waals surface area contributed by atoms with Crippen LogP contribution in [0.5, 0.6) is 5.75 Å². The van der Waals surface area contributed by atoms with Gasteiger partial charge in [0, 0.05) is 72.0 Å². The molecule has 0 radical (unpaired) electrons. The molecular weight excluding hydrogens is 1110 g/mol. The first-order valence-electron chi connectivity index (χ1n) is 25.2. The molecule has 420 valence electrons. The fraction of sp³-hybridized carbons (Fsp3) is 0.596. The van der Waals surface area contributed by atoms with Gasteiger partial charge in [-0.25, -0.2) is 0 Å². The Balaban J connectivity index is 0. The van der Waals surface area contributed by atoms with Crippen molar-refractivity contribution in [3.05, 3.63) is 91.3 Å². The van der Waals surface area contributed by atoms with Crippen molar-refractivity contribution in [2.45, 2.75) is 160 Å². The Bertz CT molecular complexity index is 2100. The average molecular weight is 1190 g/mol. The van der Waals surface area contributed by atoms with Gasteiger partial charge in [-0.2, -0.15) is 0 Å². The standard InChI is InChI=1S/C13H18ClNO.C13H19N3O4.2C10H21NOS.C6HCl5O/c1-4-5-10(3)13(16)15-11-7-6-9(2)12(14)8-11;1-5-10(6-2)14-12-11(15(17)18)7-8(3)9(4)13(12)16(19)20;1-4-7-8-11(6-3)10(12)13-9-5-2;1-4-7-11(8-5-2)10(12)13-9-6-3;7-1-2(8)4(10)6(12)5(11)3(1)9/h6-8,10H,4-5H2,1-3H3,(H,15,16);7,10,14H,5-6H2,1-4H3;2*4-9H2,1-3H3;12H. The summed E-state index contributed by atoms with van der Waals surface area (Å²) < 4.78 is 0. The largest absolute Gasteiger partial charge is 0.505 e. The number of unbranched alkanes of at least 4 members (excludes halogenated alkanes) is 1. The summed E-state index contributed by atoms with van der Waals surface area (Å²) in [5, 5.41) is 38.5. The van der Waals surface area contributed by atoms with Crippen LogP contribution in [-0.4, -0.2) is 84.9 Å². The predicted molar refractivity (Wildman–Crippen MR) is 320 cm³/mol. The van der Waals surface area contributed by atoms with Crippen LogP contribution in [-0.2, 0) is 4.79 Å². The molecule has 0 bridgehead atoms. The van der Waals surface area contributed by atoms with Gasteiger partial charge in [0.15, 0.2) is 11.4 Å². The summed E-state index contributed by atoms with van der Waals surface area (Å²) in [6, 6.07) is 6.91. The molecule has 3 N–H and O–H groups in total. The zero-order valence-corrected chi connectivity index (χ0v) is 51.6. The Hall–Kier alpha value is -3.09. The van der Waals surface area contributed by atoms with Crippen molar-refractivity contribution >= 4 is 132 Å². The number of rotatable bonds is 22. The maximum absolute atomic E-state index is 11.7. The monoisotopic (exact) mass is 1190 g/mol. The van der Waals surface area contributed by atoms with E-state index in [9.17, 15) is 39.7 Å². The molecule has 0 aliphatic carbocycles. The first-order valence-corrected chi connectivity index (χ1v) is 29.4. The Morgan fingerprint density at radius 3 is 1.57 bits per heavy atom. The topological polar surface area (TPSA) is 188 Å². The zero-order chi connectivity index (χ0) is 57.2. The van der Waals surface area contributed by atoms with Crippen LogP contribution in [0.15, 0.2) is 24.3 Å². The number of nitrogens with one attached hydrogen (secondary N) is 2. The molecule has 1 unspecified atom stereocenters. The normalized spacial score (nSPS) is 10.8. The van der Waals surface area contributed by atoms with E-state index in [1.807, 2.05) is 56.6 Å². The van der Waals surface area contributed by atoms with Crippen LogP contribution < -0.4 is 10.6 Å². The lowest BCUT2D eigenvalue weighted by atomic mass is 10.0. The van der Waals surface area contributed by atoms with Crippen LogP contribution >= 0.6 is 93.1 Å². The van der Waals surface area contributed by atoms with Gasteiger partial charge in [0.25, 0.3) is 16.2 Å². The van der Waals surface area contributed by atoms with Crippen molar-refractivity contribution in [2.24, 2.45) is 5.92 Å². The third kappa shape index (κ3) is 26.8. The van der Waals surface area contributed by atoms with Crippen molar-refractivity contribution in [1.29, 1.82) is 0 Å². The number of thioether (sulfide) groups is 2. The molecule has 3 aromatic rings. The van der Waals surface area contributed by atoms with E-state index in [-0.39, 0.29) is 76.3 Å². The van der Waals surface area contributed by atoms with Crippen molar-refractivity contribution in [1.82, 2.24) is 9.80 Å². The summed E-state index contributed by atoms with van der Waals surface area (Å²) in [6.45, 7) is 29.2. The number of amides is 3. The van der Waals surface area contributed by atoms with Gasteiger partial charge in [-0.05, 0) is 102 Å². The van der Waals surface area contributed by atoms with Gasteiger partial charge in [-0.15, -0.1) is 0 Å². The molecule has 0 saturated heterocycles. The number of halogens is 6. The molecule has 22 heteroatoms. The van der Waals surface area contributed by atoms with Crippen LogP contribution in [0.3, 0.4) is 0 Å². The van der Waals surface area contributed by atoms with E-state index in [1.54, 1.807) is 19.9 Å². The minimum absolute atomic E-state index is 0.00904. The van der Waals surface area contributed by atoms with Gasteiger partial charge in [-0.3, -0.25) is 34.6 Å². The Morgan fingerprint density at radius 1 is 0.662 bits per heavy atom. The molecule has 74 heavy (non-hydrogen) atoms. The van der Waals surface area contributed by atoms with E-state index < -0.39 is 9.85 Å². The first kappa shape index (κ1) is 73.0. The van der Waals surface area contributed by atoms with Crippen molar-refractivity contribution in [3.63, 3.8) is 0 Å². The van der Waals surface area contributed by atoms with E-state index in [4.69, 9.17) is 69.6 Å². The molecule has 3 aromatic carbocycles. The van der Waals surface area contributed by atoms with Crippen LogP contribution in [0.4, 0.5) is 32.3 Å².